The number of anilines is 1. The van der Waals surface area contributed by atoms with Gasteiger partial charge in [0, 0.05) is 17.8 Å². The second kappa shape index (κ2) is 9.48. The first kappa shape index (κ1) is 23.2. The lowest BCUT2D eigenvalue weighted by molar-refractivity contribution is -0.121. The van der Waals surface area contributed by atoms with E-state index in [1.165, 1.54) is 11.1 Å². The summed E-state index contributed by atoms with van der Waals surface area (Å²) in [7, 11) is 0. The maximum Gasteiger partial charge on any atom is 0.241 e. The molecule has 2 aromatic carbocycles. The number of hydrogen-bond acceptors (Lipinski definition) is 5. The van der Waals surface area contributed by atoms with Crippen LogP contribution in [0.3, 0.4) is 0 Å². The SMILES string of the molecule is Cc1cccc(NC(=O)C2CCCN(Cc3nc(-c4ccc(C(C)(C)C)cc4)no3)C2)c1C. The molecule has 1 amide bonds. The van der Waals surface area contributed by atoms with Crippen molar-refractivity contribution in [2.45, 2.75) is 59.4 Å². The van der Waals surface area contributed by atoms with Gasteiger partial charge in [0.1, 0.15) is 0 Å². The van der Waals surface area contributed by atoms with Crippen LogP contribution in [0.5, 0.6) is 0 Å². The second-order valence-corrected chi connectivity index (χ2v) is 10.2. The molecule has 1 saturated heterocycles. The van der Waals surface area contributed by atoms with Crippen LogP contribution >= 0.6 is 0 Å². The summed E-state index contributed by atoms with van der Waals surface area (Å²) >= 11 is 0. The number of piperidine rings is 1. The molecule has 1 aromatic heterocycles. The zero-order valence-corrected chi connectivity index (χ0v) is 20.3. The number of likely N-dealkylation sites (tertiary alicyclic amines) is 1. The van der Waals surface area contributed by atoms with Crippen molar-refractivity contribution in [2.24, 2.45) is 5.92 Å². The second-order valence-electron chi connectivity index (χ2n) is 10.2. The predicted molar refractivity (Wildman–Crippen MR) is 131 cm³/mol. The predicted octanol–water partition coefficient (Wildman–Crippen LogP) is 5.50. The fourth-order valence-electron chi connectivity index (χ4n) is 4.28. The van der Waals surface area contributed by atoms with E-state index in [4.69, 9.17) is 4.52 Å². The standard InChI is InChI=1S/C27H34N4O2/c1-18-8-6-10-23(19(18)2)28-26(32)21-9-7-15-31(16-21)17-24-29-25(30-33-24)20-11-13-22(14-12-20)27(3,4)5/h6,8,10-14,21H,7,9,15-17H2,1-5H3,(H,28,32). The van der Waals surface area contributed by atoms with E-state index < -0.39 is 0 Å². The van der Waals surface area contributed by atoms with E-state index in [2.05, 4.69) is 66.3 Å². The normalized spacial score (nSPS) is 17.2. The maximum atomic E-state index is 12.9. The Morgan fingerprint density at radius 2 is 1.91 bits per heavy atom. The summed E-state index contributed by atoms with van der Waals surface area (Å²) in [5.41, 5.74) is 5.52. The fraction of sp³-hybridized carbons (Fsp3) is 0.444. The number of amides is 1. The van der Waals surface area contributed by atoms with Crippen molar-refractivity contribution in [1.29, 1.82) is 0 Å². The molecule has 33 heavy (non-hydrogen) atoms. The van der Waals surface area contributed by atoms with Gasteiger partial charge in [-0.25, -0.2) is 0 Å². The van der Waals surface area contributed by atoms with Crippen molar-refractivity contribution in [1.82, 2.24) is 15.0 Å². The molecule has 0 spiro atoms. The van der Waals surface area contributed by atoms with Crippen LogP contribution in [0.25, 0.3) is 11.4 Å². The Bertz CT molecular complexity index is 1110. The molecule has 174 valence electrons. The van der Waals surface area contributed by atoms with E-state index in [-0.39, 0.29) is 17.2 Å². The number of nitrogens with one attached hydrogen (secondary N) is 1. The number of carbonyl (C=O) groups is 1. The monoisotopic (exact) mass is 446 g/mol. The highest BCUT2D eigenvalue weighted by molar-refractivity contribution is 5.93. The first-order valence-electron chi connectivity index (χ1n) is 11.7. The van der Waals surface area contributed by atoms with Gasteiger partial charge in [-0.3, -0.25) is 9.69 Å². The molecule has 0 radical (unpaired) electrons. The topological polar surface area (TPSA) is 71.3 Å². The van der Waals surface area contributed by atoms with E-state index in [1.54, 1.807) is 0 Å². The largest absolute Gasteiger partial charge is 0.338 e. The van der Waals surface area contributed by atoms with Crippen LogP contribution in [0.15, 0.2) is 47.0 Å². The minimum Gasteiger partial charge on any atom is -0.338 e. The van der Waals surface area contributed by atoms with Gasteiger partial charge >= 0.3 is 0 Å². The summed E-state index contributed by atoms with van der Waals surface area (Å²) < 4.78 is 5.54. The zero-order chi connectivity index (χ0) is 23.6. The molecule has 4 rings (SSSR count). The van der Waals surface area contributed by atoms with Gasteiger partial charge in [0.25, 0.3) is 0 Å². The molecule has 0 aliphatic carbocycles. The molecular weight excluding hydrogens is 412 g/mol. The molecule has 1 atom stereocenters. The average Bonchev–Trinajstić information content (AvgIpc) is 3.25. The Balaban J connectivity index is 1.37. The van der Waals surface area contributed by atoms with Crippen molar-refractivity contribution in [3.8, 4) is 11.4 Å². The molecule has 2 heterocycles. The summed E-state index contributed by atoms with van der Waals surface area (Å²) in [5.74, 6) is 1.22. The highest BCUT2D eigenvalue weighted by Gasteiger charge is 2.27. The highest BCUT2D eigenvalue weighted by Crippen LogP contribution is 2.26. The van der Waals surface area contributed by atoms with E-state index >= 15 is 0 Å². The van der Waals surface area contributed by atoms with Crippen LogP contribution in [0.1, 0.15) is 56.2 Å². The first-order valence-corrected chi connectivity index (χ1v) is 11.7. The van der Waals surface area contributed by atoms with Gasteiger partial charge < -0.3 is 9.84 Å². The Kier molecular flexibility index (Phi) is 6.66. The number of aromatic nitrogens is 2. The molecule has 1 unspecified atom stereocenters. The van der Waals surface area contributed by atoms with Crippen LogP contribution < -0.4 is 5.32 Å². The average molecular weight is 447 g/mol. The van der Waals surface area contributed by atoms with Crippen LogP contribution in [-0.4, -0.2) is 34.0 Å². The minimum absolute atomic E-state index is 0.0500. The lowest BCUT2D eigenvalue weighted by Crippen LogP contribution is -2.40. The van der Waals surface area contributed by atoms with Crippen molar-refractivity contribution in [3.63, 3.8) is 0 Å². The van der Waals surface area contributed by atoms with Crippen molar-refractivity contribution in [3.05, 3.63) is 65.0 Å². The number of hydrogen-bond donors (Lipinski definition) is 1. The molecule has 6 heteroatoms. The Labute approximate surface area is 196 Å². The molecule has 3 aromatic rings. The van der Waals surface area contributed by atoms with Gasteiger partial charge in [-0.05, 0) is 61.4 Å². The summed E-state index contributed by atoms with van der Waals surface area (Å²) in [6.07, 6.45) is 1.86. The number of nitrogens with zero attached hydrogens (tertiary/aromatic N) is 3. The van der Waals surface area contributed by atoms with Crippen LogP contribution in [-0.2, 0) is 16.8 Å². The van der Waals surface area contributed by atoms with E-state index in [0.29, 0.717) is 24.8 Å². The van der Waals surface area contributed by atoms with E-state index in [0.717, 1.165) is 36.2 Å². The smallest absolute Gasteiger partial charge is 0.241 e. The van der Waals surface area contributed by atoms with E-state index in [9.17, 15) is 4.79 Å². The lowest BCUT2D eigenvalue weighted by Gasteiger charge is -2.31. The van der Waals surface area contributed by atoms with Gasteiger partial charge in [0.05, 0.1) is 12.5 Å². The molecule has 6 nitrogen and oxygen atoms in total. The zero-order valence-electron chi connectivity index (χ0n) is 20.3. The van der Waals surface area contributed by atoms with Crippen LogP contribution in [0.4, 0.5) is 5.69 Å². The summed E-state index contributed by atoms with van der Waals surface area (Å²) in [5, 5.41) is 7.31. The van der Waals surface area contributed by atoms with Crippen molar-refractivity contribution in [2.75, 3.05) is 18.4 Å². The van der Waals surface area contributed by atoms with E-state index in [1.807, 2.05) is 31.2 Å². The quantitative estimate of drug-likeness (QED) is 0.560. The van der Waals surface area contributed by atoms with Crippen molar-refractivity contribution >= 4 is 11.6 Å². The number of aryl methyl sites for hydroxylation is 1. The fourth-order valence-corrected chi connectivity index (χ4v) is 4.28. The molecule has 1 aliphatic rings. The Morgan fingerprint density at radius 1 is 1.15 bits per heavy atom. The van der Waals surface area contributed by atoms with Gasteiger partial charge in [-0.1, -0.05) is 62.3 Å². The number of benzene rings is 2. The summed E-state index contributed by atoms with van der Waals surface area (Å²) in [6, 6.07) is 14.3. The summed E-state index contributed by atoms with van der Waals surface area (Å²) in [6.45, 7) is 12.9. The first-order chi connectivity index (χ1) is 15.7. The molecule has 1 aliphatic heterocycles. The van der Waals surface area contributed by atoms with Gasteiger partial charge in [-0.2, -0.15) is 4.98 Å². The minimum atomic E-state index is -0.0500. The maximum absolute atomic E-state index is 12.9. The van der Waals surface area contributed by atoms with Gasteiger partial charge in [-0.15, -0.1) is 0 Å². The Morgan fingerprint density at radius 3 is 2.64 bits per heavy atom. The van der Waals surface area contributed by atoms with Gasteiger partial charge in [0.15, 0.2) is 0 Å². The number of rotatable bonds is 5. The molecule has 1 fully saturated rings. The van der Waals surface area contributed by atoms with Crippen LogP contribution in [0, 0.1) is 19.8 Å². The molecular formula is C27H34N4O2. The van der Waals surface area contributed by atoms with Crippen molar-refractivity contribution < 1.29 is 9.32 Å². The molecule has 0 saturated carbocycles. The third-order valence-corrected chi connectivity index (χ3v) is 6.57. The molecule has 1 N–H and O–H groups in total. The third-order valence-electron chi connectivity index (χ3n) is 6.57. The van der Waals surface area contributed by atoms with Gasteiger partial charge in [0.2, 0.25) is 17.6 Å². The third kappa shape index (κ3) is 5.50. The lowest BCUT2D eigenvalue weighted by atomic mass is 9.87. The summed E-state index contributed by atoms with van der Waals surface area (Å²) in [4.78, 5) is 19.8. The Hall–Kier alpha value is -2.99. The molecule has 0 bridgehead atoms. The highest BCUT2D eigenvalue weighted by atomic mass is 16.5. The number of carbonyl (C=O) groups excluding carboxylic acids is 1. The van der Waals surface area contributed by atoms with Crippen LogP contribution in [0.2, 0.25) is 0 Å².